The molecule has 1 aromatic heterocycles. The standard InChI is InChI=1S/C6H8BrNS/c1-4(8)6-5(7)2-3-9-6/h2-4H,8H2,1H3/t4-/m0/s1. The zero-order valence-electron chi connectivity index (χ0n) is 5.10. The van der Waals surface area contributed by atoms with Crippen LogP contribution >= 0.6 is 27.3 Å². The molecule has 0 aliphatic heterocycles. The highest BCUT2D eigenvalue weighted by atomic mass is 79.9. The largest absolute Gasteiger partial charge is 0.323 e. The van der Waals surface area contributed by atoms with E-state index in [2.05, 4.69) is 15.9 Å². The molecular weight excluding hydrogens is 198 g/mol. The molecule has 2 N–H and O–H groups in total. The zero-order chi connectivity index (χ0) is 6.85. The van der Waals surface area contributed by atoms with Gasteiger partial charge in [-0.1, -0.05) is 0 Å². The van der Waals surface area contributed by atoms with Crippen molar-refractivity contribution in [3.05, 3.63) is 20.8 Å². The molecule has 0 saturated heterocycles. The summed E-state index contributed by atoms with van der Waals surface area (Å²) in [5, 5.41) is 2.03. The number of thiophene rings is 1. The van der Waals surface area contributed by atoms with Crippen LogP contribution in [0.3, 0.4) is 0 Å². The third-order valence-corrected chi connectivity index (χ3v) is 3.13. The molecule has 0 saturated carbocycles. The van der Waals surface area contributed by atoms with E-state index in [4.69, 9.17) is 5.73 Å². The average molecular weight is 206 g/mol. The molecule has 1 nitrogen and oxygen atoms in total. The number of rotatable bonds is 1. The third kappa shape index (κ3) is 1.53. The van der Waals surface area contributed by atoms with Crippen LogP contribution < -0.4 is 5.73 Å². The van der Waals surface area contributed by atoms with E-state index >= 15 is 0 Å². The summed E-state index contributed by atoms with van der Waals surface area (Å²) >= 11 is 5.08. The van der Waals surface area contributed by atoms with E-state index in [1.54, 1.807) is 11.3 Å². The van der Waals surface area contributed by atoms with E-state index in [0.717, 1.165) is 4.47 Å². The first kappa shape index (κ1) is 7.25. The van der Waals surface area contributed by atoms with Gasteiger partial charge in [-0.2, -0.15) is 0 Å². The van der Waals surface area contributed by atoms with Crippen LogP contribution in [0.4, 0.5) is 0 Å². The fourth-order valence-electron chi connectivity index (χ4n) is 0.630. The Morgan fingerprint density at radius 3 is 2.67 bits per heavy atom. The monoisotopic (exact) mass is 205 g/mol. The maximum Gasteiger partial charge on any atom is 0.0372 e. The van der Waals surface area contributed by atoms with Crippen molar-refractivity contribution in [1.29, 1.82) is 0 Å². The maximum absolute atomic E-state index is 5.64. The highest BCUT2D eigenvalue weighted by molar-refractivity contribution is 9.10. The molecule has 1 rings (SSSR count). The Kier molecular flexibility index (Phi) is 2.27. The lowest BCUT2D eigenvalue weighted by Gasteiger charge is -1.99. The molecule has 3 heteroatoms. The van der Waals surface area contributed by atoms with Crippen LogP contribution in [-0.2, 0) is 0 Å². The minimum atomic E-state index is 0.152. The average Bonchev–Trinajstić information content (AvgIpc) is 2.13. The molecule has 50 valence electrons. The molecule has 0 spiro atoms. The van der Waals surface area contributed by atoms with Gasteiger partial charge < -0.3 is 5.73 Å². The summed E-state index contributed by atoms with van der Waals surface area (Å²) in [6.45, 7) is 1.98. The molecule has 1 aromatic rings. The van der Waals surface area contributed by atoms with Gasteiger partial charge in [0.15, 0.2) is 0 Å². The molecule has 9 heavy (non-hydrogen) atoms. The van der Waals surface area contributed by atoms with Gasteiger partial charge >= 0.3 is 0 Å². The first-order chi connectivity index (χ1) is 4.22. The summed E-state index contributed by atoms with van der Waals surface area (Å²) in [5.41, 5.74) is 5.64. The van der Waals surface area contributed by atoms with Crippen molar-refractivity contribution < 1.29 is 0 Å². The van der Waals surface area contributed by atoms with Crippen LogP contribution in [0, 0.1) is 0 Å². The van der Waals surface area contributed by atoms with Gasteiger partial charge in [0, 0.05) is 15.4 Å². The van der Waals surface area contributed by atoms with E-state index in [1.807, 2.05) is 18.4 Å². The van der Waals surface area contributed by atoms with Crippen molar-refractivity contribution in [2.75, 3.05) is 0 Å². The Morgan fingerprint density at radius 2 is 2.44 bits per heavy atom. The Bertz CT molecular complexity index is 195. The number of nitrogens with two attached hydrogens (primary N) is 1. The van der Waals surface area contributed by atoms with Gasteiger partial charge in [0.1, 0.15) is 0 Å². The lowest BCUT2D eigenvalue weighted by atomic mass is 10.3. The molecule has 0 unspecified atom stereocenters. The van der Waals surface area contributed by atoms with E-state index in [9.17, 15) is 0 Å². The summed E-state index contributed by atoms with van der Waals surface area (Å²) in [5.74, 6) is 0. The van der Waals surface area contributed by atoms with Crippen LogP contribution in [0.1, 0.15) is 17.8 Å². The Hall–Kier alpha value is 0.140. The van der Waals surface area contributed by atoms with Crippen LogP contribution in [0.25, 0.3) is 0 Å². The van der Waals surface area contributed by atoms with Crippen molar-refractivity contribution >= 4 is 27.3 Å². The van der Waals surface area contributed by atoms with Crippen LogP contribution in [-0.4, -0.2) is 0 Å². The molecule has 0 aromatic carbocycles. The Morgan fingerprint density at radius 1 is 1.78 bits per heavy atom. The van der Waals surface area contributed by atoms with Crippen LogP contribution in [0.15, 0.2) is 15.9 Å². The van der Waals surface area contributed by atoms with Gasteiger partial charge in [-0.25, -0.2) is 0 Å². The molecule has 0 radical (unpaired) electrons. The highest BCUT2D eigenvalue weighted by Gasteiger charge is 2.03. The van der Waals surface area contributed by atoms with E-state index in [0.29, 0.717) is 0 Å². The zero-order valence-corrected chi connectivity index (χ0v) is 7.50. The predicted octanol–water partition coefficient (Wildman–Crippen LogP) is 2.53. The molecule has 0 aliphatic carbocycles. The van der Waals surface area contributed by atoms with Gasteiger partial charge in [-0.3, -0.25) is 0 Å². The summed E-state index contributed by atoms with van der Waals surface area (Å²) < 4.78 is 1.13. The number of hydrogen-bond acceptors (Lipinski definition) is 2. The normalized spacial score (nSPS) is 13.7. The maximum atomic E-state index is 5.64. The van der Waals surface area contributed by atoms with Gasteiger partial charge in [0.25, 0.3) is 0 Å². The minimum Gasteiger partial charge on any atom is -0.323 e. The van der Waals surface area contributed by atoms with Crippen molar-refractivity contribution in [2.45, 2.75) is 13.0 Å². The van der Waals surface area contributed by atoms with Gasteiger partial charge in [-0.15, -0.1) is 11.3 Å². The van der Waals surface area contributed by atoms with Crippen molar-refractivity contribution in [3.63, 3.8) is 0 Å². The first-order valence-corrected chi connectivity index (χ1v) is 4.37. The van der Waals surface area contributed by atoms with Crippen LogP contribution in [0.5, 0.6) is 0 Å². The fraction of sp³-hybridized carbons (Fsp3) is 0.333. The molecule has 1 atom stereocenters. The summed E-state index contributed by atoms with van der Waals surface area (Å²) in [7, 11) is 0. The molecule has 1 heterocycles. The second-order valence-electron chi connectivity index (χ2n) is 1.92. The molecule has 0 aliphatic rings. The molecule has 0 amide bonds. The first-order valence-electron chi connectivity index (χ1n) is 2.70. The Labute approximate surface area is 67.0 Å². The lowest BCUT2D eigenvalue weighted by Crippen LogP contribution is -2.02. The van der Waals surface area contributed by atoms with Crippen LogP contribution in [0.2, 0.25) is 0 Å². The van der Waals surface area contributed by atoms with Crippen molar-refractivity contribution in [2.24, 2.45) is 5.73 Å². The molecular formula is C6H8BrNS. The summed E-state index contributed by atoms with van der Waals surface area (Å²) in [6.07, 6.45) is 0. The fourth-order valence-corrected chi connectivity index (χ4v) is 2.32. The second-order valence-corrected chi connectivity index (χ2v) is 3.72. The third-order valence-electron chi connectivity index (χ3n) is 1.06. The quantitative estimate of drug-likeness (QED) is 0.750. The van der Waals surface area contributed by atoms with Gasteiger partial charge in [0.2, 0.25) is 0 Å². The number of halogens is 1. The van der Waals surface area contributed by atoms with Crippen molar-refractivity contribution in [1.82, 2.24) is 0 Å². The topological polar surface area (TPSA) is 26.0 Å². The van der Waals surface area contributed by atoms with Crippen molar-refractivity contribution in [3.8, 4) is 0 Å². The highest BCUT2D eigenvalue weighted by Crippen LogP contribution is 2.26. The van der Waals surface area contributed by atoms with Gasteiger partial charge in [0.05, 0.1) is 0 Å². The lowest BCUT2D eigenvalue weighted by molar-refractivity contribution is 0.834. The second kappa shape index (κ2) is 2.82. The molecule has 0 bridgehead atoms. The summed E-state index contributed by atoms with van der Waals surface area (Å²) in [6, 6.07) is 2.17. The Balaban J connectivity index is 2.94. The van der Waals surface area contributed by atoms with Gasteiger partial charge in [-0.05, 0) is 34.3 Å². The SMILES string of the molecule is C[C@H](N)c1sccc1Br. The minimum absolute atomic E-state index is 0.152. The predicted molar refractivity (Wildman–Crippen MR) is 44.6 cm³/mol. The van der Waals surface area contributed by atoms with E-state index in [1.165, 1.54) is 4.88 Å². The smallest absolute Gasteiger partial charge is 0.0372 e. The number of hydrogen-bond donors (Lipinski definition) is 1. The summed E-state index contributed by atoms with van der Waals surface area (Å²) in [4.78, 5) is 1.22. The molecule has 0 fully saturated rings. The van der Waals surface area contributed by atoms with E-state index < -0.39 is 0 Å². The van der Waals surface area contributed by atoms with E-state index in [-0.39, 0.29) is 6.04 Å².